The minimum atomic E-state index is -3.71. The highest BCUT2D eigenvalue weighted by atomic mass is 32.2. The highest BCUT2D eigenvalue weighted by Gasteiger charge is 2.24. The third-order valence-corrected chi connectivity index (χ3v) is 6.66. The van der Waals surface area contributed by atoms with Crippen LogP contribution < -0.4 is 14.9 Å². The lowest BCUT2D eigenvalue weighted by Crippen LogP contribution is -3.16. The van der Waals surface area contributed by atoms with Crippen molar-refractivity contribution in [2.24, 2.45) is 0 Å². The third kappa shape index (κ3) is 5.78. The lowest BCUT2D eigenvalue weighted by Gasteiger charge is -2.30. The van der Waals surface area contributed by atoms with E-state index in [1.807, 2.05) is 0 Å². The Balaban J connectivity index is 1.64. The van der Waals surface area contributed by atoms with Crippen molar-refractivity contribution in [1.29, 1.82) is 0 Å². The van der Waals surface area contributed by atoms with Gasteiger partial charge in [-0.25, -0.2) is 13.1 Å². The zero-order valence-corrected chi connectivity index (χ0v) is 16.7. The van der Waals surface area contributed by atoms with Gasteiger partial charge in [0.15, 0.2) is 5.76 Å². The highest BCUT2D eigenvalue weighted by molar-refractivity contribution is 7.89. The molecule has 8 nitrogen and oxygen atoms in total. The van der Waals surface area contributed by atoms with E-state index in [1.165, 1.54) is 25.8 Å². The Bertz CT molecular complexity index is 682. The predicted molar refractivity (Wildman–Crippen MR) is 97.4 cm³/mol. The molecular formula is C17H31N4O4S+. The van der Waals surface area contributed by atoms with Crippen LogP contribution in [0.3, 0.4) is 0 Å². The molecule has 0 spiro atoms. The van der Waals surface area contributed by atoms with Gasteiger partial charge in [0.2, 0.25) is 15.9 Å². The maximum atomic E-state index is 12.2. The number of hydrogen-bond acceptors (Lipinski definition) is 5. The quantitative estimate of drug-likeness (QED) is 0.514. The molecule has 1 amide bonds. The maximum Gasteiger partial charge on any atom is 0.245 e. The van der Waals surface area contributed by atoms with E-state index in [0.717, 1.165) is 13.0 Å². The fourth-order valence-electron chi connectivity index (χ4n) is 3.49. The molecule has 0 saturated carbocycles. The van der Waals surface area contributed by atoms with Crippen LogP contribution in [-0.2, 0) is 14.8 Å². The Labute approximate surface area is 155 Å². The molecule has 1 saturated heterocycles. The van der Waals surface area contributed by atoms with Crippen molar-refractivity contribution >= 4 is 15.9 Å². The van der Waals surface area contributed by atoms with E-state index in [2.05, 4.69) is 22.1 Å². The van der Waals surface area contributed by atoms with Crippen LogP contribution in [0.4, 0.5) is 0 Å². The second-order valence-corrected chi connectivity index (χ2v) is 8.76. The smallest absolute Gasteiger partial charge is 0.245 e. The monoisotopic (exact) mass is 387 g/mol. The molecule has 0 bridgehead atoms. The minimum Gasteiger partial charge on any atom is -0.360 e. The summed E-state index contributed by atoms with van der Waals surface area (Å²) in [5.74, 6) is 0.0991. The van der Waals surface area contributed by atoms with Crippen LogP contribution in [0.5, 0.6) is 0 Å². The van der Waals surface area contributed by atoms with Gasteiger partial charge in [-0.15, -0.1) is 0 Å². The molecule has 1 aliphatic rings. The molecular weight excluding hydrogens is 356 g/mol. The Hall–Kier alpha value is -1.45. The molecule has 2 heterocycles. The Morgan fingerprint density at radius 2 is 2.08 bits per heavy atom. The largest absolute Gasteiger partial charge is 0.360 e. The average Bonchev–Trinajstić information content (AvgIpc) is 2.92. The van der Waals surface area contributed by atoms with Gasteiger partial charge in [-0.3, -0.25) is 4.79 Å². The number of carbonyl (C=O) groups is 1. The molecule has 0 aromatic carbocycles. The Morgan fingerprint density at radius 1 is 1.31 bits per heavy atom. The van der Waals surface area contributed by atoms with Crippen molar-refractivity contribution in [3.8, 4) is 0 Å². The van der Waals surface area contributed by atoms with Crippen LogP contribution in [0.1, 0.15) is 50.5 Å². The zero-order valence-electron chi connectivity index (χ0n) is 15.9. The fourth-order valence-corrected chi connectivity index (χ4v) is 4.84. The normalized spacial score (nSPS) is 20.9. The minimum absolute atomic E-state index is 0.0482. The van der Waals surface area contributed by atoms with Crippen LogP contribution in [0, 0.1) is 13.8 Å². The molecule has 1 aliphatic heterocycles. The topological polar surface area (TPSA) is 106 Å². The molecule has 3 N–H and O–H groups in total. The van der Waals surface area contributed by atoms with Gasteiger partial charge in [0.1, 0.15) is 10.6 Å². The number of aromatic nitrogens is 1. The van der Waals surface area contributed by atoms with E-state index in [4.69, 9.17) is 4.52 Å². The van der Waals surface area contributed by atoms with E-state index < -0.39 is 10.0 Å². The highest BCUT2D eigenvalue weighted by Crippen LogP contribution is 2.18. The first kappa shape index (κ1) is 20.9. The number of carbonyl (C=O) groups excluding carboxylic acids is 1. The summed E-state index contributed by atoms with van der Waals surface area (Å²) in [7, 11) is -3.71. The lowest BCUT2D eigenvalue weighted by molar-refractivity contribution is -0.928. The second-order valence-electron chi connectivity index (χ2n) is 7.06. The number of aryl methyl sites for hydroxylation is 2. The summed E-state index contributed by atoms with van der Waals surface area (Å²) < 4.78 is 31.8. The van der Waals surface area contributed by atoms with E-state index in [1.54, 1.807) is 18.7 Å². The molecule has 1 aromatic rings. The number of sulfonamides is 1. The third-order valence-electron chi connectivity index (χ3n) is 4.96. The van der Waals surface area contributed by atoms with Gasteiger partial charge in [0.05, 0.1) is 19.1 Å². The SMILES string of the molecule is Cc1noc(C)c1S(=O)(=O)NCCC(=O)NCCC[NH+]1CCCC[C@@H]1C. The maximum absolute atomic E-state index is 12.2. The summed E-state index contributed by atoms with van der Waals surface area (Å²) in [6.45, 7) is 8.38. The number of hydrogen-bond donors (Lipinski definition) is 3. The molecule has 148 valence electrons. The van der Waals surface area contributed by atoms with E-state index in [0.29, 0.717) is 18.3 Å². The van der Waals surface area contributed by atoms with Gasteiger partial charge in [-0.05, 0) is 40.0 Å². The second kappa shape index (κ2) is 9.48. The van der Waals surface area contributed by atoms with Crippen molar-refractivity contribution in [2.45, 2.75) is 63.8 Å². The summed E-state index contributed by atoms with van der Waals surface area (Å²) in [6.07, 6.45) is 4.95. The van der Waals surface area contributed by atoms with Crippen LogP contribution in [0.15, 0.2) is 9.42 Å². The summed E-state index contributed by atoms with van der Waals surface area (Å²) in [6, 6.07) is 0.707. The Kier molecular flexibility index (Phi) is 7.60. The van der Waals surface area contributed by atoms with Crippen molar-refractivity contribution in [1.82, 2.24) is 15.2 Å². The molecule has 1 fully saturated rings. The number of amides is 1. The van der Waals surface area contributed by atoms with E-state index in [-0.39, 0.29) is 29.5 Å². The van der Waals surface area contributed by atoms with Crippen LogP contribution in [0.2, 0.25) is 0 Å². The standard InChI is InChI=1S/C17H30N4O4S/c1-13-7-4-5-11-21(13)12-6-9-18-16(22)8-10-19-26(23,24)17-14(2)20-25-15(17)3/h13,19H,4-12H2,1-3H3,(H,18,22)/p+1/t13-/m0/s1. The van der Waals surface area contributed by atoms with Crippen molar-refractivity contribution < 1.29 is 22.6 Å². The van der Waals surface area contributed by atoms with Gasteiger partial charge in [-0.1, -0.05) is 5.16 Å². The Morgan fingerprint density at radius 3 is 2.73 bits per heavy atom. The van der Waals surface area contributed by atoms with Gasteiger partial charge < -0.3 is 14.7 Å². The first-order valence-corrected chi connectivity index (χ1v) is 10.8. The van der Waals surface area contributed by atoms with Crippen LogP contribution in [-0.4, -0.2) is 51.7 Å². The summed E-state index contributed by atoms with van der Waals surface area (Å²) in [5, 5.41) is 6.51. The summed E-state index contributed by atoms with van der Waals surface area (Å²) in [4.78, 5) is 13.6. The van der Waals surface area contributed by atoms with E-state index >= 15 is 0 Å². The number of nitrogens with zero attached hydrogens (tertiary/aromatic N) is 1. The number of quaternary nitrogens is 1. The molecule has 2 atom stereocenters. The lowest BCUT2D eigenvalue weighted by atomic mass is 10.0. The summed E-state index contributed by atoms with van der Waals surface area (Å²) >= 11 is 0. The number of nitrogens with one attached hydrogen (secondary N) is 3. The number of likely N-dealkylation sites (tertiary alicyclic amines) is 1. The number of piperidine rings is 1. The fraction of sp³-hybridized carbons (Fsp3) is 0.765. The molecule has 0 aliphatic carbocycles. The van der Waals surface area contributed by atoms with Crippen LogP contribution in [0.25, 0.3) is 0 Å². The molecule has 9 heteroatoms. The molecule has 2 rings (SSSR count). The first-order chi connectivity index (χ1) is 12.3. The molecule has 1 aromatic heterocycles. The van der Waals surface area contributed by atoms with Crippen molar-refractivity contribution in [3.05, 3.63) is 11.5 Å². The van der Waals surface area contributed by atoms with Gasteiger partial charge >= 0.3 is 0 Å². The first-order valence-electron chi connectivity index (χ1n) is 9.35. The average molecular weight is 388 g/mol. The van der Waals surface area contributed by atoms with E-state index in [9.17, 15) is 13.2 Å². The predicted octanol–water partition coefficient (Wildman–Crippen LogP) is -0.0766. The summed E-state index contributed by atoms with van der Waals surface area (Å²) in [5.41, 5.74) is 0.314. The number of rotatable bonds is 9. The van der Waals surface area contributed by atoms with Gasteiger partial charge in [0, 0.05) is 25.9 Å². The van der Waals surface area contributed by atoms with Crippen molar-refractivity contribution in [3.63, 3.8) is 0 Å². The molecule has 0 radical (unpaired) electrons. The van der Waals surface area contributed by atoms with Gasteiger partial charge in [-0.2, -0.15) is 0 Å². The van der Waals surface area contributed by atoms with Gasteiger partial charge in [0.25, 0.3) is 0 Å². The molecule has 26 heavy (non-hydrogen) atoms. The van der Waals surface area contributed by atoms with Crippen LogP contribution >= 0.6 is 0 Å². The molecule has 1 unspecified atom stereocenters. The zero-order chi connectivity index (χ0) is 19.2. The van der Waals surface area contributed by atoms with Crippen molar-refractivity contribution in [2.75, 3.05) is 26.2 Å².